The Hall–Kier alpha value is -1.71. The van der Waals surface area contributed by atoms with Gasteiger partial charge in [0.15, 0.2) is 0 Å². The molecule has 0 radical (unpaired) electrons. The molecule has 0 spiro atoms. The van der Waals surface area contributed by atoms with Crippen LogP contribution in [-0.4, -0.2) is 30.6 Å². The van der Waals surface area contributed by atoms with Crippen LogP contribution in [-0.2, 0) is 4.79 Å². The highest BCUT2D eigenvalue weighted by molar-refractivity contribution is 5.84. The van der Waals surface area contributed by atoms with Crippen molar-refractivity contribution in [2.75, 3.05) is 23.3 Å². The first-order valence-corrected chi connectivity index (χ1v) is 7.95. The van der Waals surface area contributed by atoms with Gasteiger partial charge in [-0.1, -0.05) is 25.0 Å². The Kier molecular flexibility index (Phi) is 3.79. The van der Waals surface area contributed by atoms with Crippen LogP contribution in [0.1, 0.15) is 39.5 Å². The van der Waals surface area contributed by atoms with Crippen LogP contribution in [0.3, 0.4) is 0 Å². The first-order chi connectivity index (χ1) is 10.0. The number of anilines is 2. The summed E-state index contributed by atoms with van der Waals surface area (Å²) in [6.07, 6.45) is 4.76. The van der Waals surface area contributed by atoms with Crippen LogP contribution in [0.5, 0.6) is 0 Å². The molecule has 0 atom stereocenters. The lowest BCUT2D eigenvalue weighted by molar-refractivity contribution is -0.120. The number of amides is 1. The minimum Gasteiger partial charge on any atom is -0.377 e. The average molecular weight is 287 g/mol. The lowest BCUT2D eigenvalue weighted by atomic mass is 9.99. The lowest BCUT2D eigenvalue weighted by Crippen LogP contribution is -2.52. The molecule has 1 aliphatic carbocycles. The molecule has 3 rings (SSSR count). The number of carbonyl (C=O) groups is 1. The van der Waals surface area contributed by atoms with Gasteiger partial charge in [0, 0.05) is 18.1 Å². The Morgan fingerprint density at radius 3 is 2.81 bits per heavy atom. The highest BCUT2D eigenvalue weighted by Gasteiger charge is 2.30. The van der Waals surface area contributed by atoms with E-state index in [1.165, 1.54) is 12.8 Å². The molecule has 1 heterocycles. The largest absolute Gasteiger partial charge is 0.377 e. The number of nitrogens with zero attached hydrogens (tertiary/aromatic N) is 1. The zero-order valence-electron chi connectivity index (χ0n) is 13.0. The SMILES string of the molecule is CC1(C)CN(CC(=O)NC2CCCC2)c2ccccc2N1. The predicted molar refractivity (Wildman–Crippen MR) is 86.8 cm³/mol. The van der Waals surface area contributed by atoms with Gasteiger partial charge in [-0.2, -0.15) is 0 Å². The molecule has 0 saturated heterocycles. The second-order valence-corrected chi connectivity index (χ2v) is 6.93. The van der Waals surface area contributed by atoms with E-state index in [4.69, 9.17) is 0 Å². The summed E-state index contributed by atoms with van der Waals surface area (Å²) in [6, 6.07) is 8.62. The van der Waals surface area contributed by atoms with E-state index in [2.05, 4.69) is 41.5 Å². The molecule has 1 aromatic rings. The monoisotopic (exact) mass is 287 g/mol. The minimum absolute atomic E-state index is 0.0258. The summed E-state index contributed by atoms with van der Waals surface area (Å²) < 4.78 is 0. The van der Waals surface area contributed by atoms with Gasteiger partial charge in [-0.15, -0.1) is 0 Å². The molecule has 1 saturated carbocycles. The number of fused-ring (bicyclic) bond motifs is 1. The molecule has 0 aromatic heterocycles. The van der Waals surface area contributed by atoms with Crippen LogP contribution in [0.2, 0.25) is 0 Å². The van der Waals surface area contributed by atoms with Crippen molar-refractivity contribution < 1.29 is 4.79 Å². The molecule has 1 aromatic carbocycles. The van der Waals surface area contributed by atoms with Gasteiger partial charge in [-0.3, -0.25) is 4.79 Å². The van der Waals surface area contributed by atoms with Gasteiger partial charge in [-0.25, -0.2) is 0 Å². The highest BCUT2D eigenvalue weighted by Crippen LogP contribution is 2.33. The zero-order valence-corrected chi connectivity index (χ0v) is 13.0. The van der Waals surface area contributed by atoms with Crippen molar-refractivity contribution in [1.82, 2.24) is 5.32 Å². The molecule has 4 heteroatoms. The van der Waals surface area contributed by atoms with Crippen molar-refractivity contribution in [2.24, 2.45) is 0 Å². The van der Waals surface area contributed by atoms with Gasteiger partial charge in [0.25, 0.3) is 0 Å². The second kappa shape index (κ2) is 5.58. The van der Waals surface area contributed by atoms with Crippen LogP contribution in [0.25, 0.3) is 0 Å². The van der Waals surface area contributed by atoms with Gasteiger partial charge in [0.05, 0.1) is 17.9 Å². The van der Waals surface area contributed by atoms with Crippen molar-refractivity contribution in [1.29, 1.82) is 0 Å². The molecule has 1 amide bonds. The third-order valence-corrected chi connectivity index (χ3v) is 4.36. The number of benzene rings is 1. The fourth-order valence-corrected chi connectivity index (χ4v) is 3.48. The summed E-state index contributed by atoms with van der Waals surface area (Å²) >= 11 is 0. The molecule has 1 aliphatic heterocycles. The van der Waals surface area contributed by atoms with Crippen molar-refractivity contribution in [2.45, 2.75) is 51.1 Å². The van der Waals surface area contributed by atoms with Crippen LogP contribution in [0, 0.1) is 0 Å². The maximum Gasteiger partial charge on any atom is 0.239 e. The van der Waals surface area contributed by atoms with Gasteiger partial charge >= 0.3 is 0 Å². The summed E-state index contributed by atoms with van der Waals surface area (Å²) in [5.74, 6) is 0.148. The normalized spacial score (nSPS) is 20.8. The van der Waals surface area contributed by atoms with Crippen LogP contribution in [0.15, 0.2) is 24.3 Å². The van der Waals surface area contributed by atoms with E-state index in [0.29, 0.717) is 12.6 Å². The van der Waals surface area contributed by atoms with Crippen molar-refractivity contribution in [3.05, 3.63) is 24.3 Å². The molecule has 0 bridgehead atoms. The summed E-state index contributed by atoms with van der Waals surface area (Å²) in [5, 5.41) is 6.72. The molecular weight excluding hydrogens is 262 g/mol. The topological polar surface area (TPSA) is 44.4 Å². The first kappa shape index (κ1) is 14.2. The maximum atomic E-state index is 12.3. The van der Waals surface area contributed by atoms with Crippen molar-refractivity contribution in [3.63, 3.8) is 0 Å². The lowest BCUT2D eigenvalue weighted by Gasteiger charge is -2.41. The molecule has 0 unspecified atom stereocenters. The van der Waals surface area contributed by atoms with Gasteiger partial charge in [0.2, 0.25) is 5.91 Å². The number of para-hydroxylation sites is 2. The summed E-state index contributed by atoms with van der Waals surface area (Å²) in [6.45, 7) is 5.62. The molecule has 2 aliphatic rings. The average Bonchev–Trinajstić information content (AvgIpc) is 2.90. The summed E-state index contributed by atoms with van der Waals surface area (Å²) in [5.41, 5.74) is 2.21. The molecule has 21 heavy (non-hydrogen) atoms. The standard InChI is InChI=1S/C17H25N3O/c1-17(2)12-20(15-10-6-5-9-14(15)19-17)11-16(21)18-13-7-3-4-8-13/h5-6,9-10,13,19H,3-4,7-8,11-12H2,1-2H3,(H,18,21). The van der Waals surface area contributed by atoms with E-state index in [-0.39, 0.29) is 11.4 Å². The molecular formula is C17H25N3O. The van der Waals surface area contributed by atoms with E-state index in [1.54, 1.807) is 0 Å². The van der Waals surface area contributed by atoms with Crippen molar-refractivity contribution >= 4 is 17.3 Å². The number of nitrogens with one attached hydrogen (secondary N) is 2. The summed E-state index contributed by atoms with van der Waals surface area (Å²) in [7, 11) is 0. The fraction of sp³-hybridized carbons (Fsp3) is 0.588. The quantitative estimate of drug-likeness (QED) is 0.898. The van der Waals surface area contributed by atoms with Crippen LogP contribution in [0.4, 0.5) is 11.4 Å². The Labute approximate surface area is 126 Å². The number of hydrogen-bond acceptors (Lipinski definition) is 3. The highest BCUT2D eigenvalue weighted by atomic mass is 16.2. The van der Waals surface area contributed by atoms with E-state index in [1.807, 2.05) is 12.1 Å². The number of hydrogen-bond donors (Lipinski definition) is 2. The smallest absolute Gasteiger partial charge is 0.239 e. The zero-order chi connectivity index (χ0) is 14.9. The minimum atomic E-state index is -0.0258. The third kappa shape index (κ3) is 3.31. The molecule has 114 valence electrons. The molecule has 4 nitrogen and oxygen atoms in total. The Bertz CT molecular complexity index is 521. The number of rotatable bonds is 3. The Morgan fingerprint density at radius 1 is 1.33 bits per heavy atom. The van der Waals surface area contributed by atoms with E-state index in [9.17, 15) is 4.79 Å². The van der Waals surface area contributed by atoms with Crippen LogP contribution < -0.4 is 15.5 Å². The number of carbonyl (C=O) groups excluding carboxylic acids is 1. The molecule has 1 fully saturated rings. The van der Waals surface area contributed by atoms with Crippen molar-refractivity contribution in [3.8, 4) is 0 Å². The van der Waals surface area contributed by atoms with E-state index < -0.39 is 0 Å². The van der Waals surface area contributed by atoms with E-state index in [0.717, 1.165) is 30.8 Å². The van der Waals surface area contributed by atoms with Gasteiger partial charge in [0.1, 0.15) is 0 Å². The first-order valence-electron chi connectivity index (χ1n) is 7.95. The maximum absolute atomic E-state index is 12.3. The van der Waals surface area contributed by atoms with Crippen LogP contribution >= 0.6 is 0 Å². The summed E-state index contributed by atoms with van der Waals surface area (Å²) in [4.78, 5) is 14.5. The van der Waals surface area contributed by atoms with Gasteiger partial charge < -0.3 is 15.5 Å². The molecule has 2 N–H and O–H groups in total. The second-order valence-electron chi connectivity index (χ2n) is 6.93. The Morgan fingerprint density at radius 2 is 2.05 bits per heavy atom. The predicted octanol–water partition coefficient (Wildman–Crippen LogP) is 2.76. The van der Waals surface area contributed by atoms with Gasteiger partial charge in [-0.05, 0) is 38.8 Å². The fourth-order valence-electron chi connectivity index (χ4n) is 3.48. The van der Waals surface area contributed by atoms with E-state index >= 15 is 0 Å². The third-order valence-electron chi connectivity index (χ3n) is 4.36. The Balaban J connectivity index is 1.70.